The highest BCUT2D eigenvalue weighted by atomic mass is 32.1. The fourth-order valence-electron chi connectivity index (χ4n) is 4.16. The van der Waals surface area contributed by atoms with Crippen LogP contribution >= 0.6 is 11.3 Å². The largest absolute Gasteiger partial charge is 0.465 e. The third-order valence-corrected chi connectivity index (χ3v) is 6.98. The van der Waals surface area contributed by atoms with E-state index in [2.05, 4.69) is 15.6 Å². The van der Waals surface area contributed by atoms with Gasteiger partial charge in [0.2, 0.25) is 11.8 Å². The molecule has 220 valence electrons. The van der Waals surface area contributed by atoms with E-state index in [1.54, 1.807) is 53.7 Å². The van der Waals surface area contributed by atoms with E-state index in [1.165, 1.54) is 18.3 Å². The molecule has 0 aliphatic heterocycles. The van der Waals surface area contributed by atoms with Crippen molar-refractivity contribution in [2.45, 2.75) is 91.5 Å². The number of carbonyl (C=O) groups is 4. The van der Waals surface area contributed by atoms with Gasteiger partial charge in [0.05, 0.1) is 5.69 Å². The lowest BCUT2D eigenvalue weighted by Gasteiger charge is -2.48. The van der Waals surface area contributed by atoms with Crippen LogP contribution in [0, 0.1) is 0 Å². The molecule has 0 saturated heterocycles. The number of nitrogens with two attached hydrogens (primary N) is 1. The zero-order valence-electron chi connectivity index (χ0n) is 24.1. The van der Waals surface area contributed by atoms with E-state index in [0.29, 0.717) is 30.1 Å². The van der Waals surface area contributed by atoms with Gasteiger partial charge in [-0.2, -0.15) is 0 Å². The van der Waals surface area contributed by atoms with Gasteiger partial charge in [-0.3, -0.25) is 19.4 Å². The van der Waals surface area contributed by atoms with E-state index in [0.717, 1.165) is 25.9 Å². The molecule has 0 atom stereocenters. The van der Waals surface area contributed by atoms with Crippen molar-refractivity contribution in [1.82, 2.24) is 14.8 Å². The Bertz CT molecular complexity index is 1180. The molecule has 0 spiro atoms. The van der Waals surface area contributed by atoms with Crippen molar-refractivity contribution in [2.24, 2.45) is 5.73 Å². The number of rotatable bonds is 11. The van der Waals surface area contributed by atoms with E-state index in [-0.39, 0.29) is 12.3 Å². The van der Waals surface area contributed by atoms with Crippen molar-refractivity contribution < 1.29 is 29.4 Å². The topological polar surface area (TPSA) is 178 Å². The summed E-state index contributed by atoms with van der Waals surface area (Å²) in [5.41, 5.74) is 5.79. The minimum absolute atomic E-state index is 0.181. The van der Waals surface area contributed by atoms with Gasteiger partial charge in [-0.25, -0.2) is 14.6 Å². The number of primary amides is 1. The number of nitrogens with zero attached hydrogens (tertiary/aromatic N) is 3. The second-order valence-corrected chi connectivity index (χ2v) is 12.5. The normalized spacial score (nSPS) is 11.7. The summed E-state index contributed by atoms with van der Waals surface area (Å²) in [5, 5.41) is 26.3. The van der Waals surface area contributed by atoms with Crippen molar-refractivity contribution in [2.75, 3.05) is 10.6 Å². The molecule has 0 unspecified atom stereocenters. The average molecular weight is 577 g/mol. The van der Waals surface area contributed by atoms with Crippen molar-refractivity contribution in [3.8, 4) is 0 Å². The molecule has 4 amide bonds. The lowest BCUT2D eigenvalue weighted by Crippen LogP contribution is -2.66. The van der Waals surface area contributed by atoms with E-state index < -0.39 is 35.5 Å². The minimum Gasteiger partial charge on any atom is -0.465 e. The summed E-state index contributed by atoms with van der Waals surface area (Å²) in [5.74, 6) is -0.647. The number of hydrogen-bond acceptors (Lipinski definition) is 7. The minimum atomic E-state index is -1.26. The molecule has 40 heavy (non-hydrogen) atoms. The Labute approximate surface area is 238 Å². The van der Waals surface area contributed by atoms with Gasteiger partial charge in [-0.05, 0) is 78.5 Å². The van der Waals surface area contributed by atoms with Crippen LogP contribution in [0.3, 0.4) is 0 Å². The molecule has 2 rings (SSSR count). The van der Waals surface area contributed by atoms with Crippen LogP contribution in [-0.4, -0.2) is 66.4 Å². The number of nitrogens with one attached hydrogen (secondary N) is 2. The van der Waals surface area contributed by atoms with Crippen molar-refractivity contribution >= 4 is 46.2 Å². The van der Waals surface area contributed by atoms with Gasteiger partial charge in [0.15, 0.2) is 11.4 Å². The average Bonchev–Trinajstić information content (AvgIpc) is 3.15. The predicted molar refractivity (Wildman–Crippen MR) is 154 cm³/mol. The molecule has 0 aliphatic carbocycles. The predicted octanol–water partition coefficient (Wildman–Crippen LogP) is 4.56. The first-order valence-electron chi connectivity index (χ1n) is 12.8. The number of anilines is 2. The van der Waals surface area contributed by atoms with Crippen LogP contribution in [0.25, 0.3) is 0 Å². The first kappa shape index (κ1) is 32.3. The SMILES string of the molecule is CC(=O)Nc1nc(CCc2ccc(NC(N(C(=O)O)C(C)(C)C)N(C(=O)O)C(C)(C)C)cc2)c(CCC(N)=O)s1. The summed E-state index contributed by atoms with van der Waals surface area (Å²) >= 11 is 1.32. The number of hydrogen-bond donors (Lipinski definition) is 5. The number of amides is 4. The van der Waals surface area contributed by atoms with Gasteiger partial charge < -0.3 is 26.6 Å². The summed E-state index contributed by atoms with van der Waals surface area (Å²) in [6.45, 7) is 11.6. The van der Waals surface area contributed by atoms with Gasteiger partial charge in [-0.15, -0.1) is 11.3 Å². The Morgan fingerprint density at radius 1 is 0.925 bits per heavy atom. The zero-order chi connectivity index (χ0) is 30.4. The van der Waals surface area contributed by atoms with Gasteiger partial charge in [-0.1, -0.05) is 12.1 Å². The maximum atomic E-state index is 12.3. The number of carboxylic acid groups (broad SMARTS) is 2. The molecule has 1 heterocycles. The third kappa shape index (κ3) is 9.11. The molecule has 6 N–H and O–H groups in total. The zero-order valence-corrected chi connectivity index (χ0v) is 24.9. The Balaban J connectivity index is 2.29. The summed E-state index contributed by atoms with van der Waals surface area (Å²) < 4.78 is 0. The number of carbonyl (C=O) groups excluding carboxylic acids is 2. The Morgan fingerprint density at radius 3 is 1.88 bits per heavy atom. The highest BCUT2D eigenvalue weighted by Gasteiger charge is 2.43. The number of benzene rings is 1. The van der Waals surface area contributed by atoms with Crippen LogP contribution in [0.1, 0.15) is 71.0 Å². The van der Waals surface area contributed by atoms with Crippen LogP contribution in [0.15, 0.2) is 24.3 Å². The molecule has 0 aliphatic rings. The first-order valence-corrected chi connectivity index (χ1v) is 13.7. The Morgan fingerprint density at radius 2 is 1.45 bits per heavy atom. The molecule has 1 aromatic heterocycles. The molecule has 0 fully saturated rings. The van der Waals surface area contributed by atoms with E-state index in [1.807, 2.05) is 12.1 Å². The van der Waals surface area contributed by atoms with Crippen LogP contribution < -0.4 is 16.4 Å². The Kier molecular flexibility index (Phi) is 10.5. The molecule has 12 nitrogen and oxygen atoms in total. The van der Waals surface area contributed by atoms with Gasteiger partial charge >= 0.3 is 12.2 Å². The first-order chi connectivity index (χ1) is 18.4. The fourth-order valence-corrected chi connectivity index (χ4v) is 5.21. The lowest BCUT2D eigenvalue weighted by atomic mass is 10.0. The van der Waals surface area contributed by atoms with Crippen molar-refractivity contribution in [3.63, 3.8) is 0 Å². The number of thiazole rings is 1. The van der Waals surface area contributed by atoms with E-state index in [9.17, 15) is 29.4 Å². The highest BCUT2D eigenvalue weighted by molar-refractivity contribution is 7.15. The molecule has 1 aromatic carbocycles. The van der Waals surface area contributed by atoms with Crippen LogP contribution in [0.2, 0.25) is 0 Å². The summed E-state index contributed by atoms with van der Waals surface area (Å²) in [7, 11) is 0. The number of aryl methyl sites for hydroxylation is 3. The second kappa shape index (κ2) is 13.0. The van der Waals surface area contributed by atoms with Gasteiger partial charge in [0.1, 0.15) is 0 Å². The van der Waals surface area contributed by atoms with E-state index >= 15 is 0 Å². The van der Waals surface area contributed by atoms with Crippen LogP contribution in [-0.2, 0) is 28.9 Å². The number of aromatic nitrogens is 1. The molecule has 0 saturated carbocycles. The molecule has 13 heteroatoms. The maximum absolute atomic E-state index is 12.3. The summed E-state index contributed by atoms with van der Waals surface area (Å²) in [4.78, 5) is 54.9. The smallest absolute Gasteiger partial charge is 0.410 e. The Hall–Kier alpha value is -3.87. The fraction of sp³-hybridized carbons (Fsp3) is 0.519. The van der Waals surface area contributed by atoms with Gasteiger partial charge in [0.25, 0.3) is 0 Å². The van der Waals surface area contributed by atoms with Crippen molar-refractivity contribution in [3.05, 3.63) is 40.4 Å². The molecule has 0 bridgehead atoms. The molecule has 2 aromatic rings. The molecule has 0 radical (unpaired) electrons. The standard InChI is InChI=1S/C27H40N6O6S/c1-16(34)29-22-31-19(20(40-22)14-15-21(28)35)13-10-17-8-11-18(12-9-17)30-23(32(24(36)37)26(2,3)4)33(25(38)39)27(5,6)7/h8-9,11-12,23,30H,10,13-15H2,1-7H3,(H2,28,35)(H,36,37)(H,38,39)(H,29,31,34). The van der Waals surface area contributed by atoms with Crippen molar-refractivity contribution in [1.29, 1.82) is 0 Å². The summed E-state index contributed by atoms with van der Waals surface area (Å²) in [6.07, 6.45) is -1.92. The second-order valence-electron chi connectivity index (χ2n) is 11.4. The van der Waals surface area contributed by atoms with Crippen LogP contribution in [0.4, 0.5) is 20.4 Å². The van der Waals surface area contributed by atoms with E-state index in [4.69, 9.17) is 5.73 Å². The highest BCUT2D eigenvalue weighted by Crippen LogP contribution is 2.28. The summed E-state index contributed by atoms with van der Waals surface area (Å²) in [6, 6.07) is 7.28. The lowest BCUT2D eigenvalue weighted by molar-refractivity contribution is -0.118. The van der Waals surface area contributed by atoms with Gasteiger partial charge in [0, 0.05) is 35.0 Å². The molecular weight excluding hydrogens is 536 g/mol. The molecular formula is C27H40N6O6S. The van der Waals surface area contributed by atoms with Crippen LogP contribution in [0.5, 0.6) is 0 Å². The maximum Gasteiger partial charge on any atom is 0.410 e. The third-order valence-electron chi connectivity index (χ3n) is 5.91. The quantitative estimate of drug-likeness (QED) is 0.242. The monoisotopic (exact) mass is 576 g/mol.